The van der Waals surface area contributed by atoms with E-state index in [1.165, 1.54) is 7.11 Å². The monoisotopic (exact) mass is 860 g/mol. The van der Waals surface area contributed by atoms with Crippen LogP contribution in [0, 0.1) is 17.8 Å². The number of hydrogen-bond acceptors (Lipinski definition) is 9. The van der Waals surface area contributed by atoms with Gasteiger partial charge in [-0.3, -0.25) is 9.59 Å². The van der Waals surface area contributed by atoms with Crippen LogP contribution in [0.15, 0.2) is 60.7 Å². The zero-order chi connectivity index (χ0) is 44.3. The number of fused-ring (bicyclic) bond motifs is 2. The zero-order valence-corrected chi connectivity index (χ0v) is 35.8. The number of aliphatic hydroxyl groups excluding tert-OH is 1. The Morgan fingerprint density at radius 3 is 2.56 bits per heavy atom. The van der Waals surface area contributed by atoms with Crippen molar-refractivity contribution in [3.05, 3.63) is 77.5 Å². The SMILES string of the molecule is COc1ccc(C(=O)N[C@H]2CCN(c3ccc4c(c3)N(C)[C@@H](C(C)C)C(=O)N[C@H](CO)C4)C2)cc1NCC#Cc1cc2c(N[C@@H]3CCN(C)C[C@@H]3F)cccc2n1CC(F)(F)F. The molecule has 7 rings (SSSR count). The van der Waals surface area contributed by atoms with Crippen molar-refractivity contribution in [3.8, 4) is 17.6 Å². The molecule has 62 heavy (non-hydrogen) atoms. The van der Waals surface area contributed by atoms with E-state index in [2.05, 4.69) is 50.1 Å². The first-order valence-electron chi connectivity index (χ1n) is 21.1. The van der Waals surface area contributed by atoms with Gasteiger partial charge in [-0.25, -0.2) is 4.39 Å². The molecule has 0 spiro atoms. The Morgan fingerprint density at radius 1 is 1.03 bits per heavy atom. The Kier molecular flexibility index (Phi) is 13.4. The number of aliphatic hydroxyl groups is 1. The van der Waals surface area contributed by atoms with Gasteiger partial charge in [0.05, 0.1) is 49.2 Å². The van der Waals surface area contributed by atoms with Gasteiger partial charge in [0.1, 0.15) is 24.5 Å². The van der Waals surface area contributed by atoms with Gasteiger partial charge in [-0.05, 0) is 92.2 Å². The number of nitrogens with one attached hydrogen (secondary N) is 4. The maximum Gasteiger partial charge on any atom is 0.406 e. The van der Waals surface area contributed by atoms with Crippen LogP contribution in [0.5, 0.6) is 5.75 Å². The highest BCUT2D eigenvalue weighted by Crippen LogP contribution is 2.34. The van der Waals surface area contributed by atoms with Gasteiger partial charge >= 0.3 is 6.18 Å². The summed E-state index contributed by atoms with van der Waals surface area (Å²) in [5.41, 5.74) is 4.89. The fourth-order valence-corrected chi connectivity index (χ4v) is 8.96. The number of rotatable bonds is 11. The summed E-state index contributed by atoms with van der Waals surface area (Å²) in [5.74, 6) is 5.96. The maximum absolute atomic E-state index is 14.9. The second-order valence-corrected chi connectivity index (χ2v) is 17.0. The molecule has 2 saturated heterocycles. The van der Waals surface area contributed by atoms with E-state index in [1.807, 2.05) is 43.8 Å². The maximum atomic E-state index is 14.9. The van der Waals surface area contributed by atoms with E-state index in [1.54, 1.807) is 42.5 Å². The summed E-state index contributed by atoms with van der Waals surface area (Å²) < 4.78 is 63.1. The average molecular weight is 861 g/mol. The lowest BCUT2D eigenvalue weighted by molar-refractivity contribution is -0.140. The van der Waals surface area contributed by atoms with Crippen LogP contribution in [0.3, 0.4) is 0 Å². The van der Waals surface area contributed by atoms with Crippen molar-refractivity contribution in [1.82, 2.24) is 20.1 Å². The Balaban J connectivity index is 1.03. The number of methoxy groups -OCH3 is 1. The molecule has 4 heterocycles. The van der Waals surface area contributed by atoms with Crippen molar-refractivity contribution in [3.63, 3.8) is 0 Å². The molecule has 12 nitrogen and oxygen atoms in total. The highest BCUT2D eigenvalue weighted by atomic mass is 19.4. The molecule has 0 bridgehead atoms. The first-order chi connectivity index (χ1) is 29.6. The number of ether oxygens (including phenoxy) is 1. The Bertz CT molecular complexity index is 2320. The highest BCUT2D eigenvalue weighted by molar-refractivity contribution is 5.96. The zero-order valence-electron chi connectivity index (χ0n) is 35.8. The average Bonchev–Trinajstić information content (AvgIpc) is 3.83. The number of piperidine rings is 1. The van der Waals surface area contributed by atoms with Crippen LogP contribution in [0.25, 0.3) is 10.9 Å². The van der Waals surface area contributed by atoms with Crippen LogP contribution in [0.4, 0.5) is 40.3 Å². The number of likely N-dealkylation sites (tertiary alicyclic amines) is 1. The number of carbonyl (C=O) groups is 2. The van der Waals surface area contributed by atoms with Crippen LogP contribution < -0.4 is 35.8 Å². The van der Waals surface area contributed by atoms with Gasteiger partial charge < -0.3 is 50.4 Å². The topological polar surface area (TPSA) is 126 Å². The molecule has 2 amide bonds. The molecule has 0 unspecified atom stereocenters. The molecule has 2 fully saturated rings. The van der Waals surface area contributed by atoms with E-state index in [9.17, 15) is 32.3 Å². The van der Waals surface area contributed by atoms with Gasteiger partial charge in [0.15, 0.2) is 0 Å². The lowest BCUT2D eigenvalue weighted by Gasteiger charge is -2.37. The molecular formula is C46H56F4N8O4. The lowest BCUT2D eigenvalue weighted by Crippen LogP contribution is -2.54. The number of hydrogen-bond donors (Lipinski definition) is 5. The summed E-state index contributed by atoms with van der Waals surface area (Å²) >= 11 is 0. The summed E-state index contributed by atoms with van der Waals surface area (Å²) in [6.45, 7) is 4.93. The second kappa shape index (κ2) is 18.8. The minimum absolute atomic E-state index is 0.0348. The van der Waals surface area contributed by atoms with Crippen molar-refractivity contribution in [2.75, 3.05) is 81.0 Å². The van der Waals surface area contributed by atoms with Crippen LogP contribution >= 0.6 is 0 Å². The number of anilines is 4. The van der Waals surface area contributed by atoms with E-state index in [-0.39, 0.29) is 55.2 Å². The van der Waals surface area contributed by atoms with Gasteiger partial charge in [0, 0.05) is 67.3 Å². The molecule has 3 aliphatic heterocycles. The number of halogens is 4. The summed E-state index contributed by atoms with van der Waals surface area (Å²) in [4.78, 5) is 32.9. The molecule has 0 radical (unpaired) electrons. The summed E-state index contributed by atoms with van der Waals surface area (Å²) in [7, 11) is 5.29. The minimum atomic E-state index is -4.51. The number of likely N-dealkylation sites (N-methyl/N-ethyl adjacent to an activating group) is 1. The lowest BCUT2D eigenvalue weighted by atomic mass is 9.95. The van der Waals surface area contributed by atoms with Crippen molar-refractivity contribution in [2.45, 2.75) is 76.2 Å². The fourth-order valence-electron chi connectivity index (χ4n) is 8.96. The van der Waals surface area contributed by atoms with Crippen LogP contribution in [-0.4, -0.2) is 123 Å². The standard InChI is InChI=1S/C46H56F4N8O4/c1-28(2)43-45(61)53-32(26-59)20-29-11-13-33(23-41(29)56(43)4)57-19-15-31(24-57)52-44(60)30-12-14-42(62-5)39(21-30)51-17-7-8-34-22-35-37(54-38-16-18-55(3)25-36(38)47)9-6-10-40(35)58(34)27-46(48,49)50/h6,9-14,21-23,28,31-32,36,38,43,51,54,59H,15-20,24-27H2,1-5H3,(H,52,60)(H,53,61)/t31-,32-,36-,38+,43-/m0/s1. The Morgan fingerprint density at radius 2 is 1.84 bits per heavy atom. The third kappa shape index (κ3) is 10.0. The predicted octanol–water partition coefficient (Wildman–Crippen LogP) is 5.63. The minimum Gasteiger partial charge on any atom is -0.495 e. The predicted molar refractivity (Wildman–Crippen MR) is 235 cm³/mol. The van der Waals surface area contributed by atoms with Gasteiger partial charge in [-0.2, -0.15) is 13.2 Å². The van der Waals surface area contributed by atoms with Gasteiger partial charge in [0.25, 0.3) is 5.91 Å². The van der Waals surface area contributed by atoms with Crippen molar-refractivity contribution in [2.24, 2.45) is 5.92 Å². The van der Waals surface area contributed by atoms with Crippen molar-refractivity contribution in [1.29, 1.82) is 0 Å². The summed E-state index contributed by atoms with van der Waals surface area (Å²) in [6, 6.07) is 16.4. The Hall–Kier alpha value is -5.66. The number of amides is 2. The van der Waals surface area contributed by atoms with E-state index in [4.69, 9.17) is 4.74 Å². The third-order valence-corrected chi connectivity index (χ3v) is 12.1. The number of benzene rings is 3. The van der Waals surface area contributed by atoms with Crippen LogP contribution in [-0.2, 0) is 17.8 Å². The van der Waals surface area contributed by atoms with Crippen LogP contribution in [0.2, 0.25) is 0 Å². The first-order valence-corrected chi connectivity index (χ1v) is 21.1. The quantitative estimate of drug-likeness (QED) is 0.0965. The van der Waals surface area contributed by atoms with Gasteiger partial charge in [0.2, 0.25) is 5.91 Å². The number of carbonyl (C=O) groups excluding carboxylic acids is 2. The molecule has 5 N–H and O–H groups in total. The Labute approximate surface area is 359 Å². The van der Waals surface area contributed by atoms with E-state index in [0.717, 1.165) is 27.9 Å². The molecule has 0 aliphatic carbocycles. The normalized spacial score (nSPS) is 22.0. The molecule has 3 aliphatic rings. The first kappa shape index (κ1) is 44.4. The number of aromatic nitrogens is 1. The van der Waals surface area contributed by atoms with Gasteiger partial charge in [-0.15, -0.1) is 0 Å². The van der Waals surface area contributed by atoms with Gasteiger partial charge in [-0.1, -0.05) is 31.9 Å². The van der Waals surface area contributed by atoms with E-state index >= 15 is 0 Å². The number of nitrogens with zero attached hydrogens (tertiary/aromatic N) is 4. The number of alkyl halides is 4. The third-order valence-electron chi connectivity index (χ3n) is 12.1. The fraction of sp³-hybridized carbons (Fsp3) is 0.478. The molecule has 332 valence electrons. The molecule has 1 aromatic heterocycles. The molecule has 4 aromatic rings. The van der Waals surface area contributed by atoms with E-state index < -0.39 is 31.0 Å². The molecule has 16 heteroatoms. The van der Waals surface area contributed by atoms with Crippen molar-refractivity contribution < 1.29 is 37.0 Å². The summed E-state index contributed by atoms with van der Waals surface area (Å²) in [5, 5.41) is 23.1. The second-order valence-electron chi connectivity index (χ2n) is 17.0. The van der Waals surface area contributed by atoms with Crippen molar-refractivity contribution >= 4 is 45.5 Å². The molecular weight excluding hydrogens is 805 g/mol. The molecule has 5 atom stereocenters. The van der Waals surface area contributed by atoms with E-state index in [0.29, 0.717) is 66.1 Å². The highest BCUT2D eigenvalue weighted by Gasteiger charge is 2.34. The molecule has 3 aromatic carbocycles. The molecule has 0 saturated carbocycles. The van der Waals surface area contributed by atoms with Crippen LogP contribution in [0.1, 0.15) is 48.3 Å². The summed E-state index contributed by atoms with van der Waals surface area (Å²) in [6.07, 6.45) is -3.85. The largest absolute Gasteiger partial charge is 0.495 e. The smallest absolute Gasteiger partial charge is 0.406 e.